The lowest BCUT2D eigenvalue weighted by molar-refractivity contribution is -0.147. The van der Waals surface area contributed by atoms with Crippen LogP contribution in [-0.4, -0.2) is 103 Å². The van der Waals surface area contributed by atoms with E-state index < -0.39 is 5.60 Å². The molecule has 5 unspecified atom stereocenters. The Hall–Kier alpha value is -2.28. The zero-order valence-electron chi connectivity index (χ0n) is 23.1. The number of hydrogen-bond donors (Lipinski definition) is 5. The van der Waals surface area contributed by atoms with Crippen LogP contribution in [-0.2, 0) is 4.79 Å². The highest BCUT2D eigenvalue weighted by Gasteiger charge is 2.53. The number of likely N-dealkylation sites (N-methyl/N-ethyl adjacent to an activating group) is 1. The van der Waals surface area contributed by atoms with E-state index in [9.17, 15) is 14.3 Å². The number of halogens is 1. The standard InChI is InChI=1S/C28H43FN8O2/c1-28(39)12-4-5-19(29)18-36-26(38)22-17-30-27(33-25(22)37(36)24-7-3-6-23(28)32-24)31-20-8-10-21(11-9-20)35-15-13-34(2)14-16-35/h5,8-11,22-25,27,30-33,39H,3-4,6-7,12-18H2,1-2H3/b19-5-/t22?,23?,24?,25?,27?,28-/m0/s1. The molecule has 1 amide bonds. The van der Waals surface area contributed by atoms with E-state index in [-0.39, 0.29) is 48.9 Å². The second-order valence-corrected chi connectivity index (χ2v) is 12.0. The molecule has 5 aliphatic heterocycles. The van der Waals surface area contributed by atoms with Gasteiger partial charge >= 0.3 is 0 Å². The molecule has 1 aromatic carbocycles. The van der Waals surface area contributed by atoms with Gasteiger partial charge in [0.1, 0.15) is 12.1 Å². The molecule has 5 aliphatic rings. The van der Waals surface area contributed by atoms with Crippen molar-refractivity contribution in [3.63, 3.8) is 0 Å². The van der Waals surface area contributed by atoms with E-state index >= 15 is 0 Å². The lowest BCUT2D eigenvalue weighted by atomic mass is 9.85. The number of carbonyl (C=O) groups excluding carboxylic acids is 1. The molecule has 5 N–H and O–H groups in total. The van der Waals surface area contributed by atoms with Crippen LogP contribution in [0.1, 0.15) is 39.0 Å². The van der Waals surface area contributed by atoms with Crippen LogP contribution < -0.4 is 26.2 Å². The van der Waals surface area contributed by atoms with E-state index in [0.29, 0.717) is 19.4 Å². The number of piperidine rings is 1. The Bertz CT molecular complexity index is 1060. The summed E-state index contributed by atoms with van der Waals surface area (Å²) in [7, 11) is 2.16. The van der Waals surface area contributed by atoms with Gasteiger partial charge in [0.15, 0.2) is 0 Å². The second-order valence-electron chi connectivity index (χ2n) is 12.0. The van der Waals surface area contributed by atoms with Crippen molar-refractivity contribution in [2.45, 2.75) is 69.3 Å². The van der Waals surface area contributed by atoms with Crippen LogP contribution in [0.25, 0.3) is 0 Å². The van der Waals surface area contributed by atoms with Gasteiger partial charge in [-0.2, -0.15) is 5.01 Å². The zero-order valence-corrected chi connectivity index (χ0v) is 23.1. The summed E-state index contributed by atoms with van der Waals surface area (Å²) in [6.07, 6.45) is 4.34. The molecular weight excluding hydrogens is 499 g/mol. The Balaban J connectivity index is 1.18. The van der Waals surface area contributed by atoms with Crippen LogP contribution >= 0.6 is 0 Å². The third kappa shape index (κ3) is 5.53. The Labute approximate surface area is 230 Å². The third-order valence-electron chi connectivity index (χ3n) is 9.19. The quantitative estimate of drug-likeness (QED) is 0.386. The Kier molecular flexibility index (Phi) is 7.55. The summed E-state index contributed by atoms with van der Waals surface area (Å²) in [5.74, 6) is -0.739. The van der Waals surface area contributed by atoms with E-state index in [2.05, 4.69) is 62.4 Å². The second kappa shape index (κ2) is 10.9. The van der Waals surface area contributed by atoms with Gasteiger partial charge in [0, 0.05) is 50.1 Å². The van der Waals surface area contributed by atoms with Crippen molar-refractivity contribution in [1.82, 2.24) is 30.9 Å². The van der Waals surface area contributed by atoms with Gasteiger partial charge in [-0.1, -0.05) is 6.08 Å². The fourth-order valence-corrected chi connectivity index (χ4v) is 6.77. The van der Waals surface area contributed by atoms with E-state index in [1.165, 1.54) is 11.8 Å². The number of carbonyl (C=O) groups is 1. The summed E-state index contributed by atoms with van der Waals surface area (Å²) in [5, 5.41) is 29.0. The predicted molar refractivity (Wildman–Crippen MR) is 149 cm³/mol. The largest absolute Gasteiger partial charge is 0.389 e. The van der Waals surface area contributed by atoms with Gasteiger partial charge in [0.05, 0.1) is 30.4 Å². The third-order valence-corrected chi connectivity index (χ3v) is 9.19. The van der Waals surface area contributed by atoms with E-state index in [0.717, 1.165) is 51.1 Å². The highest BCUT2D eigenvalue weighted by molar-refractivity contribution is 5.82. The number of amides is 1. The van der Waals surface area contributed by atoms with Crippen molar-refractivity contribution in [3.05, 3.63) is 36.2 Å². The number of allylic oxidation sites excluding steroid dienone is 1. The van der Waals surface area contributed by atoms with Crippen LogP contribution in [0.4, 0.5) is 15.8 Å². The van der Waals surface area contributed by atoms with Gasteiger partial charge in [-0.25, -0.2) is 4.39 Å². The molecule has 214 valence electrons. The number of rotatable bonds is 3. The Morgan fingerprint density at radius 3 is 2.64 bits per heavy atom. The molecule has 39 heavy (non-hydrogen) atoms. The Morgan fingerprint density at radius 2 is 1.87 bits per heavy atom. The summed E-state index contributed by atoms with van der Waals surface area (Å²) in [6.45, 7) is 6.44. The lowest BCUT2D eigenvalue weighted by Gasteiger charge is -2.47. The number of anilines is 2. The highest BCUT2D eigenvalue weighted by Crippen LogP contribution is 2.35. The molecule has 5 heterocycles. The zero-order chi connectivity index (χ0) is 27.1. The predicted octanol–water partition coefficient (Wildman–Crippen LogP) is 1.19. The van der Waals surface area contributed by atoms with Gasteiger partial charge < -0.3 is 20.2 Å². The number of nitrogens with zero attached hydrogens (tertiary/aromatic N) is 4. The van der Waals surface area contributed by atoms with E-state index in [1.54, 1.807) is 5.01 Å². The number of benzene rings is 1. The van der Waals surface area contributed by atoms with Gasteiger partial charge in [0.25, 0.3) is 0 Å². The lowest BCUT2D eigenvalue weighted by Crippen LogP contribution is -2.69. The van der Waals surface area contributed by atoms with Gasteiger partial charge in [-0.15, -0.1) is 0 Å². The smallest absolute Gasteiger partial charge is 0.244 e. The van der Waals surface area contributed by atoms with Crippen molar-refractivity contribution in [1.29, 1.82) is 0 Å². The first-order valence-electron chi connectivity index (χ1n) is 14.5. The summed E-state index contributed by atoms with van der Waals surface area (Å²) in [5.41, 5.74) is 1.26. The average Bonchev–Trinajstić information content (AvgIpc) is 3.19. The van der Waals surface area contributed by atoms with Gasteiger partial charge in [-0.3, -0.25) is 25.8 Å². The number of nitrogens with one attached hydrogen (secondary N) is 4. The number of fused-ring (bicyclic) bond motifs is 6. The summed E-state index contributed by atoms with van der Waals surface area (Å²) >= 11 is 0. The molecule has 0 spiro atoms. The van der Waals surface area contributed by atoms with Crippen molar-refractivity contribution < 1.29 is 14.3 Å². The van der Waals surface area contributed by atoms with Crippen LogP contribution in [0.5, 0.6) is 0 Å². The molecule has 4 saturated heterocycles. The molecule has 0 aromatic heterocycles. The molecule has 0 saturated carbocycles. The summed E-state index contributed by atoms with van der Waals surface area (Å²) in [6, 6.07) is 8.38. The maximum Gasteiger partial charge on any atom is 0.244 e. The van der Waals surface area contributed by atoms with E-state index in [1.807, 2.05) is 11.9 Å². The van der Waals surface area contributed by atoms with Crippen LogP contribution in [0.15, 0.2) is 36.2 Å². The van der Waals surface area contributed by atoms with Crippen LogP contribution in [0.2, 0.25) is 0 Å². The Morgan fingerprint density at radius 1 is 1.10 bits per heavy atom. The molecule has 4 fully saturated rings. The maximum absolute atomic E-state index is 15.0. The molecule has 0 radical (unpaired) electrons. The SMILES string of the molecule is CN1CCN(c2ccc(NC3NCC4C(=O)N5C/C(F)=C/CC[C@](C)(O)C6CCCC(N6)N5C4N3)cc2)CC1. The van der Waals surface area contributed by atoms with Crippen LogP contribution in [0, 0.1) is 5.92 Å². The molecule has 6 rings (SSSR count). The highest BCUT2D eigenvalue weighted by atomic mass is 19.1. The molecule has 2 bridgehead atoms. The minimum atomic E-state index is -0.949. The fourth-order valence-electron chi connectivity index (χ4n) is 6.77. The van der Waals surface area contributed by atoms with E-state index in [4.69, 9.17) is 0 Å². The fraction of sp³-hybridized carbons (Fsp3) is 0.679. The first-order valence-corrected chi connectivity index (χ1v) is 14.5. The number of piperazine rings is 1. The molecule has 11 heteroatoms. The summed E-state index contributed by atoms with van der Waals surface area (Å²) < 4.78 is 15.0. The summed E-state index contributed by atoms with van der Waals surface area (Å²) in [4.78, 5) is 18.3. The molecule has 0 aliphatic carbocycles. The minimum Gasteiger partial charge on any atom is -0.389 e. The molecule has 10 nitrogen and oxygen atoms in total. The van der Waals surface area contributed by atoms with Crippen molar-refractivity contribution in [2.75, 3.05) is 56.5 Å². The topological polar surface area (TPSA) is 98.4 Å². The van der Waals surface area contributed by atoms with Gasteiger partial charge in [0.2, 0.25) is 5.91 Å². The number of hydrazine groups is 1. The minimum absolute atomic E-state index is 0.0755. The monoisotopic (exact) mass is 542 g/mol. The molecule has 6 atom stereocenters. The molecule has 1 aromatic rings. The van der Waals surface area contributed by atoms with Crippen molar-refractivity contribution >= 4 is 17.3 Å². The first kappa shape index (κ1) is 26.9. The van der Waals surface area contributed by atoms with Crippen molar-refractivity contribution in [2.24, 2.45) is 5.92 Å². The first-order chi connectivity index (χ1) is 18.8. The number of aliphatic hydroxyl groups is 1. The normalized spacial score (nSPS) is 37.9. The number of hydrogen-bond acceptors (Lipinski definition) is 9. The maximum atomic E-state index is 15.0. The van der Waals surface area contributed by atoms with Crippen LogP contribution in [0.3, 0.4) is 0 Å². The average molecular weight is 543 g/mol. The molecular formula is C28H43FN8O2. The van der Waals surface area contributed by atoms with Gasteiger partial charge in [-0.05, 0) is 70.3 Å². The van der Waals surface area contributed by atoms with Crippen molar-refractivity contribution in [3.8, 4) is 0 Å².